The lowest BCUT2D eigenvalue weighted by Gasteiger charge is -1.91. The molecule has 0 unspecified atom stereocenters. The summed E-state index contributed by atoms with van der Waals surface area (Å²) in [7, 11) is 0. The molecule has 74 valence electrons. The molecule has 0 saturated carbocycles. The van der Waals surface area contributed by atoms with Crippen LogP contribution in [0.2, 0.25) is 0 Å². The highest BCUT2D eigenvalue weighted by molar-refractivity contribution is 5.00. The van der Waals surface area contributed by atoms with Crippen LogP contribution >= 0.6 is 0 Å². The molecule has 0 aliphatic carbocycles. The first-order valence-corrected chi connectivity index (χ1v) is 5.34. The van der Waals surface area contributed by atoms with Crippen LogP contribution in [0.25, 0.3) is 0 Å². The highest BCUT2D eigenvalue weighted by Gasteiger charge is 1.82. The van der Waals surface area contributed by atoms with E-state index >= 15 is 0 Å². The molecule has 0 bridgehead atoms. The minimum atomic E-state index is 1.17. The summed E-state index contributed by atoms with van der Waals surface area (Å²) in [6, 6.07) is 0. The Morgan fingerprint density at radius 1 is 0.846 bits per heavy atom. The van der Waals surface area contributed by atoms with E-state index in [1.54, 1.807) is 0 Å². The lowest BCUT2D eigenvalue weighted by Crippen LogP contribution is -1.71. The molecule has 0 aliphatic rings. The highest BCUT2D eigenvalue weighted by Crippen LogP contribution is 2.01. The molecule has 0 nitrogen and oxygen atoms in total. The molecule has 0 fully saturated rings. The van der Waals surface area contributed by atoms with E-state index in [9.17, 15) is 0 Å². The highest BCUT2D eigenvalue weighted by atomic mass is 13.9. The average molecular weight is 178 g/mol. The van der Waals surface area contributed by atoms with Crippen molar-refractivity contribution >= 4 is 0 Å². The Labute approximate surface area is 83.0 Å². The predicted molar refractivity (Wildman–Crippen MR) is 61.9 cm³/mol. The minimum Gasteiger partial charge on any atom is -0.0888 e. The Morgan fingerprint density at radius 3 is 2.15 bits per heavy atom. The van der Waals surface area contributed by atoms with Crippen molar-refractivity contribution in [1.82, 2.24) is 0 Å². The van der Waals surface area contributed by atoms with Crippen molar-refractivity contribution in [3.63, 3.8) is 0 Å². The topological polar surface area (TPSA) is 0 Å². The second-order valence-electron chi connectivity index (χ2n) is 3.12. The van der Waals surface area contributed by atoms with Crippen molar-refractivity contribution < 1.29 is 0 Å². The van der Waals surface area contributed by atoms with E-state index in [1.165, 1.54) is 32.1 Å². The van der Waals surface area contributed by atoms with Crippen molar-refractivity contribution in [2.24, 2.45) is 0 Å². The summed E-state index contributed by atoms with van der Waals surface area (Å²) < 4.78 is 0. The van der Waals surface area contributed by atoms with Gasteiger partial charge in [-0.3, -0.25) is 0 Å². The Bertz CT molecular complexity index is 161. The number of unbranched alkanes of at least 4 members (excludes halogenated alkanes) is 3. The summed E-state index contributed by atoms with van der Waals surface area (Å²) >= 11 is 0. The standard InChI is InChI=1S/C13H22/c1-3-5-7-9-11-13-12-10-8-6-4-2/h3,5-9H,4,10-13H2,1-2H3/b5-3+,8-6+,9-7+. The Hall–Kier alpha value is -0.780. The molecule has 0 radical (unpaired) electrons. The zero-order valence-electron chi connectivity index (χ0n) is 9.00. The SMILES string of the molecule is C/C=C/C=C/CCCC/C=C/CC. The maximum absolute atomic E-state index is 2.29. The first-order chi connectivity index (χ1) is 6.41. The van der Waals surface area contributed by atoms with Crippen LogP contribution in [-0.2, 0) is 0 Å². The average Bonchev–Trinajstić information content (AvgIpc) is 2.16. The zero-order valence-corrected chi connectivity index (χ0v) is 9.00. The van der Waals surface area contributed by atoms with Crippen LogP contribution in [0, 0.1) is 0 Å². The van der Waals surface area contributed by atoms with E-state index < -0.39 is 0 Å². The lowest BCUT2D eigenvalue weighted by atomic mass is 10.2. The first-order valence-electron chi connectivity index (χ1n) is 5.34. The Balaban J connectivity index is 3.12. The van der Waals surface area contributed by atoms with Gasteiger partial charge >= 0.3 is 0 Å². The molecule has 0 amide bonds. The number of allylic oxidation sites excluding steroid dienone is 6. The van der Waals surface area contributed by atoms with Gasteiger partial charge in [-0.15, -0.1) is 0 Å². The number of rotatable bonds is 7. The van der Waals surface area contributed by atoms with Crippen molar-refractivity contribution in [3.8, 4) is 0 Å². The van der Waals surface area contributed by atoms with Crippen LogP contribution < -0.4 is 0 Å². The van der Waals surface area contributed by atoms with Gasteiger partial charge in [-0.1, -0.05) is 43.4 Å². The predicted octanol–water partition coefficient (Wildman–Crippen LogP) is 4.65. The van der Waals surface area contributed by atoms with Crippen LogP contribution in [0.1, 0.15) is 46.0 Å². The fourth-order valence-electron chi connectivity index (χ4n) is 1.09. The molecule has 0 atom stereocenters. The molecular formula is C13H22. The van der Waals surface area contributed by atoms with Gasteiger partial charge in [0.05, 0.1) is 0 Å². The Kier molecular flexibility index (Phi) is 10.5. The van der Waals surface area contributed by atoms with Crippen LogP contribution in [0.5, 0.6) is 0 Å². The summed E-state index contributed by atoms with van der Waals surface area (Å²) in [5.41, 5.74) is 0. The van der Waals surface area contributed by atoms with Gasteiger partial charge in [0.1, 0.15) is 0 Å². The fraction of sp³-hybridized carbons (Fsp3) is 0.538. The van der Waals surface area contributed by atoms with Gasteiger partial charge in [0.2, 0.25) is 0 Å². The summed E-state index contributed by atoms with van der Waals surface area (Å²) in [6.45, 7) is 4.22. The molecule has 0 heteroatoms. The summed E-state index contributed by atoms with van der Waals surface area (Å²) in [5.74, 6) is 0. The molecule has 0 heterocycles. The quantitative estimate of drug-likeness (QED) is 0.302. The van der Waals surface area contributed by atoms with Crippen molar-refractivity contribution in [2.75, 3.05) is 0 Å². The molecule has 0 N–H and O–H groups in total. The van der Waals surface area contributed by atoms with Gasteiger partial charge in [0.25, 0.3) is 0 Å². The van der Waals surface area contributed by atoms with Crippen LogP contribution in [0.4, 0.5) is 0 Å². The normalized spacial score (nSPS) is 12.5. The lowest BCUT2D eigenvalue weighted by molar-refractivity contribution is 0.761. The third kappa shape index (κ3) is 11.2. The maximum Gasteiger partial charge on any atom is -0.0347 e. The second kappa shape index (κ2) is 11.2. The monoisotopic (exact) mass is 178 g/mol. The van der Waals surface area contributed by atoms with Gasteiger partial charge in [-0.05, 0) is 39.0 Å². The molecule has 0 rings (SSSR count). The number of hydrogen-bond donors (Lipinski definition) is 0. The van der Waals surface area contributed by atoms with E-state index in [4.69, 9.17) is 0 Å². The van der Waals surface area contributed by atoms with E-state index in [0.717, 1.165) is 0 Å². The van der Waals surface area contributed by atoms with E-state index in [2.05, 4.69) is 43.4 Å². The van der Waals surface area contributed by atoms with Crippen molar-refractivity contribution in [3.05, 3.63) is 36.5 Å². The first kappa shape index (κ1) is 12.2. The van der Waals surface area contributed by atoms with Gasteiger partial charge in [-0.2, -0.15) is 0 Å². The van der Waals surface area contributed by atoms with Crippen LogP contribution in [0.15, 0.2) is 36.5 Å². The maximum atomic E-state index is 2.29. The van der Waals surface area contributed by atoms with Crippen molar-refractivity contribution in [2.45, 2.75) is 46.0 Å². The summed E-state index contributed by atoms with van der Waals surface area (Å²) in [5, 5.41) is 0. The second-order valence-corrected chi connectivity index (χ2v) is 3.12. The fourth-order valence-corrected chi connectivity index (χ4v) is 1.09. The molecule has 0 aromatic heterocycles. The van der Waals surface area contributed by atoms with E-state index in [0.29, 0.717) is 0 Å². The molecule has 0 aromatic carbocycles. The van der Waals surface area contributed by atoms with Gasteiger partial charge < -0.3 is 0 Å². The molecule has 0 aromatic rings. The molecular weight excluding hydrogens is 156 g/mol. The smallest absolute Gasteiger partial charge is 0.0347 e. The minimum absolute atomic E-state index is 1.17. The third-order valence-electron chi connectivity index (χ3n) is 1.83. The third-order valence-corrected chi connectivity index (χ3v) is 1.83. The van der Waals surface area contributed by atoms with E-state index in [-0.39, 0.29) is 0 Å². The number of hydrogen-bond acceptors (Lipinski definition) is 0. The molecule has 0 aliphatic heterocycles. The van der Waals surface area contributed by atoms with Crippen LogP contribution in [-0.4, -0.2) is 0 Å². The van der Waals surface area contributed by atoms with E-state index in [1.807, 2.05) is 6.92 Å². The van der Waals surface area contributed by atoms with Gasteiger partial charge in [-0.25, -0.2) is 0 Å². The molecule has 0 spiro atoms. The largest absolute Gasteiger partial charge is 0.0888 e. The zero-order chi connectivity index (χ0) is 9.78. The van der Waals surface area contributed by atoms with Crippen molar-refractivity contribution in [1.29, 1.82) is 0 Å². The van der Waals surface area contributed by atoms with Crippen LogP contribution in [0.3, 0.4) is 0 Å². The summed E-state index contributed by atoms with van der Waals surface area (Å²) in [4.78, 5) is 0. The summed E-state index contributed by atoms with van der Waals surface area (Å²) in [6.07, 6.45) is 19.3. The van der Waals surface area contributed by atoms with Gasteiger partial charge in [0.15, 0.2) is 0 Å². The van der Waals surface area contributed by atoms with Gasteiger partial charge in [0, 0.05) is 0 Å². The Morgan fingerprint density at radius 2 is 1.54 bits per heavy atom. The molecule has 13 heavy (non-hydrogen) atoms. The molecule has 0 saturated heterocycles.